The Morgan fingerprint density at radius 2 is 2.18 bits per heavy atom. The molecule has 0 radical (unpaired) electrons. The van der Waals surface area contributed by atoms with Gasteiger partial charge in [0.05, 0.1) is 17.2 Å². The van der Waals surface area contributed by atoms with Crippen molar-refractivity contribution in [1.82, 2.24) is 0 Å². The van der Waals surface area contributed by atoms with Crippen LogP contribution in [-0.2, 0) is 6.42 Å². The highest BCUT2D eigenvalue weighted by Gasteiger charge is 2.26. The van der Waals surface area contributed by atoms with Crippen molar-refractivity contribution in [3.05, 3.63) is 27.7 Å². The first-order chi connectivity index (χ1) is 7.89. The van der Waals surface area contributed by atoms with Gasteiger partial charge in [-0.25, -0.2) is 0 Å². The molecule has 0 bridgehead atoms. The SMILES string of the molecule is CC(C)(N)C(O)c1cc(Br)c2c(c1)CCCO2. The molecule has 1 aromatic carbocycles. The van der Waals surface area contributed by atoms with Gasteiger partial charge in [0.25, 0.3) is 0 Å². The fourth-order valence-corrected chi connectivity index (χ4v) is 2.68. The van der Waals surface area contributed by atoms with E-state index in [2.05, 4.69) is 15.9 Å². The van der Waals surface area contributed by atoms with Gasteiger partial charge in [0.1, 0.15) is 5.75 Å². The number of aryl methyl sites for hydroxylation is 1. The minimum absolute atomic E-state index is 0.650. The van der Waals surface area contributed by atoms with E-state index in [4.69, 9.17) is 10.5 Å². The van der Waals surface area contributed by atoms with Gasteiger partial charge in [-0.2, -0.15) is 0 Å². The highest BCUT2D eigenvalue weighted by molar-refractivity contribution is 9.10. The van der Waals surface area contributed by atoms with E-state index in [1.165, 1.54) is 0 Å². The fourth-order valence-electron chi connectivity index (χ4n) is 2.05. The van der Waals surface area contributed by atoms with E-state index < -0.39 is 11.6 Å². The van der Waals surface area contributed by atoms with Crippen molar-refractivity contribution in [3.8, 4) is 5.75 Å². The topological polar surface area (TPSA) is 55.5 Å². The summed E-state index contributed by atoms with van der Waals surface area (Å²) < 4.78 is 6.51. The van der Waals surface area contributed by atoms with Crippen LogP contribution in [0.4, 0.5) is 0 Å². The van der Waals surface area contributed by atoms with Gasteiger partial charge in [0.15, 0.2) is 0 Å². The molecule has 17 heavy (non-hydrogen) atoms. The molecule has 0 spiro atoms. The van der Waals surface area contributed by atoms with Crippen LogP contribution in [-0.4, -0.2) is 17.3 Å². The largest absolute Gasteiger partial charge is 0.492 e. The zero-order valence-corrected chi connectivity index (χ0v) is 11.8. The van der Waals surface area contributed by atoms with Crippen LogP contribution in [0.15, 0.2) is 16.6 Å². The quantitative estimate of drug-likeness (QED) is 0.882. The lowest BCUT2D eigenvalue weighted by Crippen LogP contribution is -2.39. The molecule has 0 saturated carbocycles. The van der Waals surface area contributed by atoms with Gasteiger partial charge in [0, 0.05) is 5.54 Å². The fraction of sp³-hybridized carbons (Fsp3) is 0.538. The van der Waals surface area contributed by atoms with Gasteiger partial charge in [0.2, 0.25) is 0 Å². The standard InChI is InChI=1S/C13H18BrNO2/c1-13(2,15)12(16)9-6-8-4-3-5-17-11(8)10(14)7-9/h6-7,12,16H,3-5,15H2,1-2H3. The Kier molecular flexibility index (Phi) is 3.48. The Balaban J connectivity index is 2.41. The van der Waals surface area contributed by atoms with Crippen molar-refractivity contribution in [2.75, 3.05) is 6.61 Å². The summed E-state index contributed by atoms with van der Waals surface area (Å²) in [6.07, 6.45) is 1.33. The summed E-state index contributed by atoms with van der Waals surface area (Å²) in [6.45, 7) is 4.40. The number of hydrogen-bond donors (Lipinski definition) is 2. The van der Waals surface area contributed by atoms with Crippen LogP contribution in [0, 0.1) is 0 Å². The predicted octanol–water partition coefficient (Wildman–Crippen LogP) is 2.54. The summed E-state index contributed by atoms with van der Waals surface area (Å²) in [5, 5.41) is 10.2. The van der Waals surface area contributed by atoms with Crippen LogP contribution in [0.1, 0.15) is 37.5 Å². The summed E-state index contributed by atoms with van der Waals surface area (Å²) in [5.41, 5.74) is 7.27. The maximum absolute atomic E-state index is 10.2. The normalized spacial score (nSPS) is 17.2. The first-order valence-electron chi connectivity index (χ1n) is 5.81. The number of nitrogens with two attached hydrogens (primary N) is 1. The molecule has 1 aromatic rings. The smallest absolute Gasteiger partial charge is 0.136 e. The van der Waals surface area contributed by atoms with Crippen molar-refractivity contribution >= 4 is 15.9 Å². The lowest BCUT2D eigenvalue weighted by molar-refractivity contribution is 0.104. The van der Waals surface area contributed by atoms with Crippen LogP contribution in [0.2, 0.25) is 0 Å². The second-order valence-electron chi connectivity index (χ2n) is 5.17. The Labute approximate surface area is 110 Å². The molecule has 0 amide bonds. The van der Waals surface area contributed by atoms with Gasteiger partial charge < -0.3 is 15.6 Å². The van der Waals surface area contributed by atoms with Gasteiger partial charge in [-0.15, -0.1) is 0 Å². The lowest BCUT2D eigenvalue weighted by atomic mass is 9.90. The third kappa shape index (κ3) is 2.64. The van der Waals surface area contributed by atoms with E-state index in [9.17, 15) is 5.11 Å². The van der Waals surface area contributed by atoms with Gasteiger partial charge >= 0.3 is 0 Å². The highest BCUT2D eigenvalue weighted by Crippen LogP contribution is 2.37. The van der Waals surface area contributed by atoms with Gasteiger partial charge in [-0.05, 0) is 65.9 Å². The first kappa shape index (κ1) is 12.9. The Morgan fingerprint density at radius 3 is 2.82 bits per heavy atom. The number of aliphatic hydroxyl groups is 1. The van der Waals surface area contributed by atoms with Crippen molar-refractivity contribution in [3.63, 3.8) is 0 Å². The molecule has 1 aliphatic rings. The molecule has 1 atom stereocenters. The van der Waals surface area contributed by atoms with Crippen molar-refractivity contribution in [2.45, 2.75) is 38.3 Å². The molecule has 0 aromatic heterocycles. The Hall–Kier alpha value is -0.580. The van der Waals surface area contributed by atoms with Crippen molar-refractivity contribution < 1.29 is 9.84 Å². The van der Waals surface area contributed by atoms with Gasteiger partial charge in [-0.1, -0.05) is 0 Å². The molecule has 1 unspecified atom stereocenters. The summed E-state index contributed by atoms with van der Waals surface area (Å²) in [4.78, 5) is 0. The first-order valence-corrected chi connectivity index (χ1v) is 6.61. The van der Waals surface area contributed by atoms with E-state index in [1.807, 2.05) is 26.0 Å². The Morgan fingerprint density at radius 1 is 1.47 bits per heavy atom. The van der Waals surface area contributed by atoms with E-state index in [0.717, 1.165) is 40.8 Å². The summed E-state index contributed by atoms with van der Waals surface area (Å²) >= 11 is 3.49. The molecule has 3 nitrogen and oxygen atoms in total. The second kappa shape index (κ2) is 4.59. The molecule has 4 heteroatoms. The molecular formula is C13H18BrNO2. The second-order valence-corrected chi connectivity index (χ2v) is 6.02. The highest BCUT2D eigenvalue weighted by atomic mass is 79.9. The molecule has 0 fully saturated rings. The van der Waals surface area contributed by atoms with Crippen LogP contribution < -0.4 is 10.5 Å². The zero-order valence-electron chi connectivity index (χ0n) is 10.2. The molecule has 2 rings (SSSR count). The van der Waals surface area contributed by atoms with E-state index in [1.54, 1.807) is 0 Å². The van der Waals surface area contributed by atoms with Crippen LogP contribution in [0.25, 0.3) is 0 Å². The average Bonchev–Trinajstić information content (AvgIpc) is 2.27. The molecule has 94 valence electrons. The van der Waals surface area contributed by atoms with E-state index in [0.29, 0.717) is 0 Å². The Bertz CT molecular complexity index is 426. The number of ether oxygens (including phenoxy) is 1. The summed E-state index contributed by atoms with van der Waals surface area (Å²) in [5.74, 6) is 0.905. The summed E-state index contributed by atoms with van der Waals surface area (Å²) in [6, 6.07) is 3.89. The number of hydrogen-bond acceptors (Lipinski definition) is 3. The van der Waals surface area contributed by atoms with E-state index >= 15 is 0 Å². The molecule has 3 N–H and O–H groups in total. The molecule has 0 saturated heterocycles. The maximum atomic E-state index is 10.2. The molecule has 0 aliphatic carbocycles. The third-order valence-electron chi connectivity index (χ3n) is 3.00. The minimum Gasteiger partial charge on any atom is -0.492 e. The van der Waals surface area contributed by atoms with E-state index in [-0.39, 0.29) is 0 Å². The maximum Gasteiger partial charge on any atom is 0.136 e. The molecule has 1 heterocycles. The van der Waals surface area contributed by atoms with Crippen LogP contribution in [0.5, 0.6) is 5.75 Å². The van der Waals surface area contributed by atoms with Crippen molar-refractivity contribution in [1.29, 1.82) is 0 Å². The van der Waals surface area contributed by atoms with Crippen LogP contribution in [0.3, 0.4) is 0 Å². The predicted molar refractivity (Wildman–Crippen MR) is 71.2 cm³/mol. The number of aliphatic hydroxyl groups excluding tert-OH is 1. The molecular weight excluding hydrogens is 282 g/mol. The number of benzene rings is 1. The zero-order chi connectivity index (χ0) is 12.6. The van der Waals surface area contributed by atoms with Gasteiger partial charge in [-0.3, -0.25) is 0 Å². The third-order valence-corrected chi connectivity index (χ3v) is 3.59. The van der Waals surface area contributed by atoms with Crippen LogP contribution >= 0.6 is 15.9 Å². The molecule has 1 aliphatic heterocycles. The van der Waals surface area contributed by atoms with Crippen molar-refractivity contribution in [2.24, 2.45) is 5.73 Å². The minimum atomic E-state index is -0.675. The monoisotopic (exact) mass is 299 g/mol. The number of fused-ring (bicyclic) bond motifs is 1. The summed E-state index contributed by atoms with van der Waals surface area (Å²) in [7, 11) is 0. The lowest BCUT2D eigenvalue weighted by Gasteiger charge is -2.28. The number of halogens is 1. The average molecular weight is 300 g/mol. The number of rotatable bonds is 2.